The molecule has 0 bridgehead atoms. The number of amides is 1. The zero-order valence-electron chi connectivity index (χ0n) is 20.4. The van der Waals surface area contributed by atoms with Gasteiger partial charge >= 0.3 is 0 Å². The molecule has 1 aliphatic heterocycles. The molecule has 3 aromatic rings. The van der Waals surface area contributed by atoms with Crippen LogP contribution in [0.1, 0.15) is 29.7 Å². The van der Waals surface area contributed by atoms with Crippen LogP contribution in [0.3, 0.4) is 0 Å². The van der Waals surface area contributed by atoms with Crippen molar-refractivity contribution in [1.29, 1.82) is 0 Å². The van der Waals surface area contributed by atoms with Gasteiger partial charge in [0, 0.05) is 5.69 Å². The molecule has 186 valence electrons. The minimum Gasteiger partial charge on any atom is -0.507 e. The van der Waals surface area contributed by atoms with Crippen LogP contribution >= 0.6 is 0 Å². The van der Waals surface area contributed by atoms with Gasteiger partial charge in [-0.1, -0.05) is 18.2 Å². The highest BCUT2D eigenvalue weighted by molar-refractivity contribution is 6.51. The lowest BCUT2D eigenvalue weighted by Crippen LogP contribution is -2.29. The summed E-state index contributed by atoms with van der Waals surface area (Å²) in [6.07, 6.45) is 0. The van der Waals surface area contributed by atoms with Gasteiger partial charge in [-0.15, -0.1) is 0 Å². The second-order valence-electron chi connectivity index (χ2n) is 8.20. The first-order valence-electron chi connectivity index (χ1n) is 11.3. The van der Waals surface area contributed by atoms with Gasteiger partial charge in [-0.3, -0.25) is 14.5 Å². The molecule has 4 rings (SSSR count). The summed E-state index contributed by atoms with van der Waals surface area (Å²) >= 11 is 0. The average Bonchev–Trinajstić information content (AvgIpc) is 3.14. The van der Waals surface area contributed by atoms with E-state index in [1.807, 2.05) is 19.9 Å². The van der Waals surface area contributed by atoms with Gasteiger partial charge in [-0.2, -0.15) is 0 Å². The fraction of sp³-hybridized carbons (Fsp3) is 0.214. The lowest BCUT2D eigenvalue weighted by atomic mass is 9.94. The van der Waals surface area contributed by atoms with Gasteiger partial charge in [0.2, 0.25) is 0 Å². The summed E-state index contributed by atoms with van der Waals surface area (Å²) in [5.74, 6) is -1.87. The molecule has 1 fully saturated rings. The van der Waals surface area contributed by atoms with Crippen molar-refractivity contribution in [3.8, 4) is 17.2 Å². The molecule has 0 radical (unpaired) electrons. The Labute approximate surface area is 208 Å². The predicted octanol–water partition coefficient (Wildman–Crippen LogP) is 5.18. The third-order valence-corrected chi connectivity index (χ3v) is 5.94. The molecule has 1 heterocycles. The molecule has 1 saturated heterocycles. The number of aliphatic hydroxyl groups excluding tert-OH is 1. The maximum Gasteiger partial charge on any atom is 0.300 e. The van der Waals surface area contributed by atoms with Gasteiger partial charge in [-0.25, -0.2) is 4.39 Å². The first kappa shape index (κ1) is 24.8. The summed E-state index contributed by atoms with van der Waals surface area (Å²) in [6.45, 7) is 4.12. The number of carbonyl (C=O) groups is 2. The molecule has 1 atom stereocenters. The van der Waals surface area contributed by atoms with E-state index in [0.29, 0.717) is 29.4 Å². The molecule has 1 unspecified atom stereocenters. The molecule has 0 aliphatic carbocycles. The number of carbonyl (C=O) groups excluding carboxylic acids is 2. The monoisotopic (exact) mass is 491 g/mol. The number of rotatable bonds is 7. The standard InChI is InChI=1S/C28H26FNO6/c1-5-36-22-11-9-17(14-23(22)35-4)25-24(26(31)20-15-18(29)10-12-21(20)34-3)27(32)28(33)30(25)19-8-6-7-16(2)13-19/h6-15,25,31H,5H2,1-4H3/b26-24+. The number of anilines is 1. The van der Waals surface area contributed by atoms with Crippen molar-refractivity contribution in [2.75, 3.05) is 25.7 Å². The Morgan fingerprint density at radius 2 is 1.69 bits per heavy atom. The van der Waals surface area contributed by atoms with Crippen molar-refractivity contribution in [2.24, 2.45) is 0 Å². The highest BCUT2D eigenvalue weighted by atomic mass is 19.1. The van der Waals surface area contributed by atoms with Crippen molar-refractivity contribution >= 4 is 23.1 Å². The summed E-state index contributed by atoms with van der Waals surface area (Å²) in [7, 11) is 2.85. The number of halogens is 1. The fourth-order valence-electron chi connectivity index (χ4n) is 4.33. The van der Waals surface area contributed by atoms with Gasteiger partial charge in [0.05, 0.1) is 38.0 Å². The van der Waals surface area contributed by atoms with Crippen LogP contribution in [0, 0.1) is 12.7 Å². The lowest BCUT2D eigenvalue weighted by Gasteiger charge is -2.26. The molecular weight excluding hydrogens is 465 g/mol. The second kappa shape index (κ2) is 10.1. The Kier molecular flexibility index (Phi) is 6.96. The summed E-state index contributed by atoms with van der Waals surface area (Å²) in [6, 6.07) is 14.7. The molecule has 0 aromatic heterocycles. The van der Waals surface area contributed by atoms with Gasteiger partial charge in [0.15, 0.2) is 11.5 Å². The summed E-state index contributed by atoms with van der Waals surface area (Å²) in [5.41, 5.74) is 1.61. The molecule has 0 saturated carbocycles. The van der Waals surface area contributed by atoms with E-state index >= 15 is 0 Å². The number of methoxy groups -OCH3 is 2. The van der Waals surface area contributed by atoms with Crippen LogP contribution < -0.4 is 19.1 Å². The van der Waals surface area contributed by atoms with Crippen molar-refractivity contribution in [3.63, 3.8) is 0 Å². The van der Waals surface area contributed by atoms with E-state index in [0.717, 1.165) is 11.6 Å². The van der Waals surface area contributed by atoms with Crippen molar-refractivity contribution < 1.29 is 33.3 Å². The fourth-order valence-corrected chi connectivity index (χ4v) is 4.33. The van der Waals surface area contributed by atoms with Crippen LogP contribution in [-0.2, 0) is 9.59 Å². The largest absolute Gasteiger partial charge is 0.507 e. The SMILES string of the molecule is CCOc1ccc(C2/C(=C(\O)c3cc(F)ccc3OC)C(=O)C(=O)N2c2cccc(C)c2)cc1OC. The van der Waals surface area contributed by atoms with Gasteiger partial charge in [0.25, 0.3) is 11.7 Å². The number of ketones is 1. The van der Waals surface area contributed by atoms with E-state index < -0.39 is 29.3 Å². The number of aliphatic hydroxyl groups is 1. The number of hydrogen-bond acceptors (Lipinski definition) is 6. The smallest absolute Gasteiger partial charge is 0.300 e. The first-order valence-corrected chi connectivity index (χ1v) is 11.3. The zero-order chi connectivity index (χ0) is 26.0. The molecule has 7 nitrogen and oxygen atoms in total. The van der Waals surface area contributed by atoms with Crippen LogP contribution in [0.5, 0.6) is 17.2 Å². The zero-order valence-corrected chi connectivity index (χ0v) is 20.4. The first-order chi connectivity index (χ1) is 17.3. The van der Waals surface area contributed by atoms with Gasteiger partial charge < -0.3 is 19.3 Å². The molecule has 1 amide bonds. The Morgan fingerprint density at radius 1 is 0.972 bits per heavy atom. The topological polar surface area (TPSA) is 85.3 Å². The number of aryl methyl sites for hydroxylation is 1. The number of benzene rings is 3. The quantitative estimate of drug-likeness (QED) is 0.279. The highest BCUT2D eigenvalue weighted by Gasteiger charge is 2.47. The Balaban J connectivity index is 2.00. The second-order valence-corrected chi connectivity index (χ2v) is 8.20. The lowest BCUT2D eigenvalue weighted by molar-refractivity contribution is -0.132. The molecule has 3 aromatic carbocycles. The molecule has 1 aliphatic rings. The molecule has 0 spiro atoms. The maximum atomic E-state index is 14.1. The van der Waals surface area contributed by atoms with Crippen molar-refractivity contribution in [3.05, 3.63) is 88.7 Å². The number of ether oxygens (including phenoxy) is 3. The van der Waals surface area contributed by atoms with Crippen LogP contribution in [0.2, 0.25) is 0 Å². The molecule has 36 heavy (non-hydrogen) atoms. The van der Waals surface area contributed by atoms with Crippen molar-refractivity contribution in [2.45, 2.75) is 19.9 Å². The van der Waals surface area contributed by atoms with E-state index in [2.05, 4.69) is 0 Å². The summed E-state index contributed by atoms with van der Waals surface area (Å²) in [4.78, 5) is 28.1. The van der Waals surface area contributed by atoms with Crippen LogP contribution in [-0.4, -0.2) is 37.6 Å². The number of nitrogens with zero attached hydrogens (tertiary/aromatic N) is 1. The molecular formula is C28H26FNO6. The van der Waals surface area contributed by atoms with Crippen LogP contribution in [0.4, 0.5) is 10.1 Å². The van der Waals surface area contributed by atoms with E-state index in [4.69, 9.17) is 14.2 Å². The third-order valence-electron chi connectivity index (χ3n) is 5.94. The normalized spacial score (nSPS) is 16.8. The minimum absolute atomic E-state index is 0.0392. The highest BCUT2D eigenvalue weighted by Crippen LogP contribution is 2.45. The number of Topliss-reactive ketones (excluding diaryl/α,β-unsaturated/α-hetero) is 1. The van der Waals surface area contributed by atoms with Crippen LogP contribution in [0.15, 0.2) is 66.2 Å². The average molecular weight is 492 g/mol. The van der Waals surface area contributed by atoms with E-state index in [-0.39, 0.29) is 16.9 Å². The summed E-state index contributed by atoms with van der Waals surface area (Å²) in [5, 5.41) is 11.3. The predicted molar refractivity (Wildman–Crippen MR) is 133 cm³/mol. The minimum atomic E-state index is -1.02. The van der Waals surface area contributed by atoms with Gasteiger partial charge in [-0.05, 0) is 67.4 Å². The maximum absolute atomic E-state index is 14.1. The summed E-state index contributed by atoms with van der Waals surface area (Å²) < 4.78 is 30.5. The van der Waals surface area contributed by atoms with E-state index in [1.54, 1.807) is 36.4 Å². The van der Waals surface area contributed by atoms with E-state index in [1.165, 1.54) is 31.3 Å². The third kappa shape index (κ3) is 4.37. The van der Waals surface area contributed by atoms with Gasteiger partial charge in [0.1, 0.15) is 17.3 Å². The Hall–Kier alpha value is -4.33. The van der Waals surface area contributed by atoms with E-state index in [9.17, 15) is 19.1 Å². The van der Waals surface area contributed by atoms with Crippen LogP contribution in [0.25, 0.3) is 5.76 Å². The molecule has 1 N–H and O–H groups in total. The Morgan fingerprint density at radius 3 is 2.36 bits per heavy atom. The Bertz CT molecular complexity index is 1370. The van der Waals surface area contributed by atoms with Crippen molar-refractivity contribution in [1.82, 2.24) is 0 Å². The molecule has 8 heteroatoms. The number of hydrogen-bond donors (Lipinski definition) is 1.